The molecule has 0 radical (unpaired) electrons. The van der Waals surface area contributed by atoms with Crippen molar-refractivity contribution in [1.82, 2.24) is 19.5 Å². The van der Waals surface area contributed by atoms with Crippen LogP contribution < -0.4 is 14.8 Å². The van der Waals surface area contributed by atoms with E-state index in [0.717, 1.165) is 0 Å². The van der Waals surface area contributed by atoms with Gasteiger partial charge in [-0.15, -0.1) is 0 Å². The molecular weight excluding hydrogens is 528 g/mol. The Morgan fingerprint density at radius 2 is 1.87 bits per heavy atom. The van der Waals surface area contributed by atoms with Gasteiger partial charge in [0.25, 0.3) is 0 Å². The van der Waals surface area contributed by atoms with E-state index in [0.29, 0.717) is 18.4 Å². The quantitative estimate of drug-likeness (QED) is 0.371. The number of ether oxygens (including phenoxy) is 3. The highest BCUT2D eigenvalue weighted by Crippen LogP contribution is 2.36. The molecule has 38 heavy (non-hydrogen) atoms. The zero-order valence-corrected chi connectivity index (χ0v) is 21.1. The number of sulfone groups is 1. The number of benzene rings is 1. The number of nitrogens with one attached hydrogen (secondary N) is 1. The topological polar surface area (TPSA) is 158 Å². The SMILES string of the molecule is C[C@H]1O[C@@H](n2c(NC3CCS(=O)(=O)CC3)nc3c(OCc4ccc(OC(F)F)cc4)ncnc32)[C@H](O)[C@@H]1O. The van der Waals surface area contributed by atoms with Gasteiger partial charge < -0.3 is 29.7 Å². The summed E-state index contributed by atoms with van der Waals surface area (Å²) in [5.74, 6) is 0.479. The number of alkyl halides is 2. The number of halogens is 2. The fourth-order valence-corrected chi connectivity index (χ4v) is 6.00. The molecular formula is C23H27F2N5O7S. The summed E-state index contributed by atoms with van der Waals surface area (Å²) in [5.41, 5.74) is 1.18. The molecule has 15 heteroatoms. The lowest BCUT2D eigenvalue weighted by Gasteiger charge is -2.25. The van der Waals surface area contributed by atoms with Crippen LogP contribution in [0.5, 0.6) is 11.6 Å². The highest BCUT2D eigenvalue weighted by Gasteiger charge is 2.43. The average Bonchev–Trinajstić information content (AvgIpc) is 3.36. The van der Waals surface area contributed by atoms with Crippen molar-refractivity contribution < 1.29 is 41.6 Å². The van der Waals surface area contributed by atoms with Crippen molar-refractivity contribution in [3.8, 4) is 11.6 Å². The van der Waals surface area contributed by atoms with Gasteiger partial charge in [0.15, 0.2) is 17.4 Å². The number of nitrogens with zero attached hydrogens (tertiary/aromatic N) is 4. The summed E-state index contributed by atoms with van der Waals surface area (Å²) in [6, 6.07) is 5.73. The summed E-state index contributed by atoms with van der Waals surface area (Å²) in [7, 11) is -3.08. The molecule has 2 aromatic heterocycles. The number of fused-ring (bicyclic) bond motifs is 1. The van der Waals surface area contributed by atoms with Gasteiger partial charge in [0.2, 0.25) is 11.8 Å². The van der Waals surface area contributed by atoms with Crippen LogP contribution in [0, 0.1) is 0 Å². The van der Waals surface area contributed by atoms with E-state index in [-0.39, 0.29) is 52.9 Å². The summed E-state index contributed by atoms with van der Waals surface area (Å²) >= 11 is 0. The molecule has 0 aliphatic carbocycles. The van der Waals surface area contributed by atoms with Crippen molar-refractivity contribution in [2.24, 2.45) is 0 Å². The fourth-order valence-electron chi connectivity index (χ4n) is 4.51. The maximum absolute atomic E-state index is 12.4. The van der Waals surface area contributed by atoms with E-state index in [2.05, 4.69) is 25.0 Å². The van der Waals surface area contributed by atoms with E-state index in [1.807, 2.05) is 0 Å². The second kappa shape index (κ2) is 10.6. The standard InChI is InChI=1S/C23H27F2N5O7S/c1-12-17(31)18(32)21(36-12)30-19-16(29-23(30)28-14-6-8-38(33,34)9-7-14)20(27-11-26-19)35-10-13-2-4-15(5-3-13)37-22(24)25/h2-5,11-12,14,17-18,21-22,31-32H,6-10H2,1H3,(H,28,29)/t12-,17-,18-,21-/m1/s1. The first-order chi connectivity index (χ1) is 18.1. The van der Waals surface area contributed by atoms with Crippen LogP contribution in [0.2, 0.25) is 0 Å². The number of aliphatic hydroxyl groups is 2. The van der Waals surface area contributed by atoms with Crippen LogP contribution in [0.15, 0.2) is 30.6 Å². The van der Waals surface area contributed by atoms with Gasteiger partial charge in [0, 0.05) is 6.04 Å². The van der Waals surface area contributed by atoms with E-state index in [4.69, 9.17) is 9.47 Å². The number of rotatable bonds is 8. The van der Waals surface area contributed by atoms with Gasteiger partial charge in [0.1, 0.15) is 40.7 Å². The maximum Gasteiger partial charge on any atom is 0.387 e. The lowest BCUT2D eigenvalue weighted by molar-refractivity contribution is -0.0498. The number of hydrogen-bond donors (Lipinski definition) is 3. The second-order valence-corrected chi connectivity index (χ2v) is 11.6. The largest absolute Gasteiger partial charge is 0.471 e. The Bertz CT molecular complexity index is 1370. The summed E-state index contributed by atoms with van der Waals surface area (Å²) in [5, 5.41) is 24.2. The predicted octanol–water partition coefficient (Wildman–Crippen LogP) is 1.63. The Labute approximate surface area is 216 Å². The monoisotopic (exact) mass is 555 g/mol. The van der Waals surface area contributed by atoms with Crippen LogP contribution in [0.4, 0.5) is 14.7 Å². The highest BCUT2D eigenvalue weighted by molar-refractivity contribution is 7.91. The van der Waals surface area contributed by atoms with Gasteiger partial charge in [-0.3, -0.25) is 4.57 Å². The lowest BCUT2D eigenvalue weighted by atomic mass is 10.1. The van der Waals surface area contributed by atoms with E-state index in [1.165, 1.54) is 23.0 Å². The van der Waals surface area contributed by atoms with Crippen molar-refractivity contribution in [3.05, 3.63) is 36.2 Å². The first-order valence-corrected chi connectivity index (χ1v) is 13.8. The maximum atomic E-state index is 12.4. The number of hydrogen-bond acceptors (Lipinski definition) is 11. The van der Waals surface area contributed by atoms with Gasteiger partial charge >= 0.3 is 6.61 Å². The highest BCUT2D eigenvalue weighted by atomic mass is 32.2. The van der Waals surface area contributed by atoms with Gasteiger partial charge in [-0.1, -0.05) is 12.1 Å². The first-order valence-electron chi connectivity index (χ1n) is 12.0. The third-order valence-electron chi connectivity index (χ3n) is 6.59. The van der Waals surface area contributed by atoms with Gasteiger partial charge in [0.05, 0.1) is 17.6 Å². The molecule has 0 amide bonds. The third kappa shape index (κ3) is 5.50. The number of anilines is 1. The average molecular weight is 556 g/mol. The fraction of sp³-hybridized carbons (Fsp3) is 0.522. The first kappa shape index (κ1) is 26.5. The Kier molecular flexibility index (Phi) is 7.35. The number of aromatic nitrogens is 4. The Hall–Kier alpha value is -3.14. The molecule has 4 atom stereocenters. The summed E-state index contributed by atoms with van der Waals surface area (Å²) in [6.07, 6.45) is -2.09. The van der Waals surface area contributed by atoms with Crippen LogP contribution in [-0.4, -0.2) is 80.6 Å². The molecule has 4 heterocycles. The lowest BCUT2D eigenvalue weighted by Crippen LogP contribution is -2.34. The molecule has 0 saturated carbocycles. The van der Waals surface area contributed by atoms with Crippen LogP contribution in [0.3, 0.4) is 0 Å². The predicted molar refractivity (Wildman–Crippen MR) is 130 cm³/mol. The zero-order chi connectivity index (χ0) is 27.0. The molecule has 0 bridgehead atoms. The Morgan fingerprint density at radius 1 is 1.16 bits per heavy atom. The number of imidazole rings is 1. The Morgan fingerprint density at radius 3 is 2.50 bits per heavy atom. The molecule has 0 unspecified atom stereocenters. The molecule has 2 aliphatic rings. The molecule has 12 nitrogen and oxygen atoms in total. The van der Waals surface area contributed by atoms with Crippen LogP contribution in [0.1, 0.15) is 31.6 Å². The summed E-state index contributed by atoms with van der Waals surface area (Å²) < 4.78 is 66.1. The summed E-state index contributed by atoms with van der Waals surface area (Å²) in [6.45, 7) is -1.25. The van der Waals surface area contributed by atoms with E-state index >= 15 is 0 Å². The van der Waals surface area contributed by atoms with Crippen LogP contribution in [-0.2, 0) is 21.2 Å². The van der Waals surface area contributed by atoms with Crippen molar-refractivity contribution in [1.29, 1.82) is 0 Å². The normalized spacial score (nSPS) is 25.6. The molecule has 3 N–H and O–H groups in total. The molecule has 2 saturated heterocycles. The molecule has 0 spiro atoms. The molecule has 1 aromatic carbocycles. The molecule has 2 fully saturated rings. The molecule has 2 aliphatic heterocycles. The summed E-state index contributed by atoms with van der Waals surface area (Å²) in [4.78, 5) is 13.1. The third-order valence-corrected chi connectivity index (χ3v) is 8.30. The van der Waals surface area contributed by atoms with E-state index < -0.39 is 41.0 Å². The van der Waals surface area contributed by atoms with Crippen molar-refractivity contribution >= 4 is 26.9 Å². The number of aliphatic hydroxyl groups excluding tert-OH is 2. The zero-order valence-electron chi connectivity index (χ0n) is 20.3. The van der Waals surface area contributed by atoms with Crippen molar-refractivity contribution in [3.63, 3.8) is 0 Å². The van der Waals surface area contributed by atoms with Gasteiger partial charge in [-0.2, -0.15) is 13.8 Å². The van der Waals surface area contributed by atoms with Gasteiger partial charge in [-0.05, 0) is 37.5 Å². The van der Waals surface area contributed by atoms with E-state index in [9.17, 15) is 27.4 Å². The molecule has 206 valence electrons. The van der Waals surface area contributed by atoms with Crippen LogP contribution in [0.25, 0.3) is 11.2 Å². The minimum Gasteiger partial charge on any atom is -0.471 e. The molecule has 5 rings (SSSR count). The van der Waals surface area contributed by atoms with E-state index in [1.54, 1.807) is 19.1 Å². The van der Waals surface area contributed by atoms with Crippen LogP contribution >= 0.6 is 0 Å². The minimum absolute atomic E-state index is 0.0182. The smallest absolute Gasteiger partial charge is 0.387 e. The van der Waals surface area contributed by atoms with Crippen molar-refractivity contribution in [2.75, 3.05) is 16.8 Å². The minimum atomic E-state index is -3.08. The van der Waals surface area contributed by atoms with Crippen molar-refractivity contribution in [2.45, 2.75) is 63.6 Å². The second-order valence-electron chi connectivity index (χ2n) is 9.25. The Balaban J connectivity index is 1.44. The molecule has 3 aromatic rings. The van der Waals surface area contributed by atoms with Gasteiger partial charge in [-0.25, -0.2) is 18.4 Å².